The lowest BCUT2D eigenvalue weighted by atomic mass is 9.99. The molecule has 0 aliphatic carbocycles. The van der Waals surface area contributed by atoms with Crippen LogP contribution in [0.5, 0.6) is 5.75 Å². The van der Waals surface area contributed by atoms with Gasteiger partial charge in [0.2, 0.25) is 0 Å². The quantitative estimate of drug-likeness (QED) is 0.196. The summed E-state index contributed by atoms with van der Waals surface area (Å²) in [5.74, 6) is -0.761. The summed E-state index contributed by atoms with van der Waals surface area (Å²) < 4.78 is 0. The van der Waals surface area contributed by atoms with Gasteiger partial charge in [-0.3, -0.25) is 19.4 Å². The first-order chi connectivity index (χ1) is 18.8. The largest absolute Gasteiger partial charge is 0.506 e. The van der Waals surface area contributed by atoms with Crippen molar-refractivity contribution in [3.63, 3.8) is 0 Å². The van der Waals surface area contributed by atoms with Gasteiger partial charge in [0.25, 0.3) is 11.5 Å². The summed E-state index contributed by atoms with van der Waals surface area (Å²) in [5, 5.41) is 13.7. The second-order valence-electron chi connectivity index (χ2n) is 9.35. The highest BCUT2D eigenvalue weighted by atomic mass is 16.3. The Morgan fingerprint density at radius 3 is 2.44 bits per heavy atom. The predicted molar refractivity (Wildman–Crippen MR) is 153 cm³/mol. The van der Waals surface area contributed by atoms with Gasteiger partial charge in [0.15, 0.2) is 5.78 Å². The van der Waals surface area contributed by atoms with E-state index >= 15 is 0 Å². The van der Waals surface area contributed by atoms with Crippen molar-refractivity contribution < 1.29 is 14.7 Å². The van der Waals surface area contributed by atoms with E-state index < -0.39 is 11.5 Å². The number of para-hydroxylation sites is 1. The van der Waals surface area contributed by atoms with Crippen LogP contribution in [0.1, 0.15) is 23.1 Å². The monoisotopic (exact) mass is 518 g/mol. The fourth-order valence-electron chi connectivity index (χ4n) is 4.38. The summed E-state index contributed by atoms with van der Waals surface area (Å²) in [6, 6.07) is 22.3. The topological polar surface area (TPSA) is 115 Å². The molecule has 4 aromatic rings. The molecule has 1 aromatic heterocycles. The van der Waals surface area contributed by atoms with Gasteiger partial charge in [-0.05, 0) is 53.6 Å². The number of aromatic nitrogens is 1. The number of anilines is 1. The van der Waals surface area contributed by atoms with Crippen LogP contribution in [-0.2, 0) is 16.1 Å². The standard InChI is InChI=1S/C31H26N4O4/c1-19-15-28(36)25(30(38)33-19)16-20-9-13-23(14-10-20)35(2)18-21-7-11-22(12-8-21)32-17-26-29(37)24-5-3-4-6-27(24)34-31(26)39/h3-14,16-17H,1,15,18H2,2H3,(H,33,38)(H2,34,37,39)/b25-16+,32-17?. The Bertz CT molecular complexity index is 1690. The van der Waals surface area contributed by atoms with Crippen molar-refractivity contribution in [1.29, 1.82) is 0 Å². The molecule has 0 atom stereocenters. The molecule has 1 amide bonds. The van der Waals surface area contributed by atoms with E-state index in [-0.39, 0.29) is 29.1 Å². The molecule has 0 radical (unpaired) electrons. The molecule has 1 aliphatic heterocycles. The number of hydrogen-bond acceptors (Lipinski definition) is 6. The minimum Gasteiger partial charge on any atom is -0.506 e. The fourth-order valence-corrected chi connectivity index (χ4v) is 4.38. The van der Waals surface area contributed by atoms with Gasteiger partial charge in [-0.25, -0.2) is 0 Å². The summed E-state index contributed by atoms with van der Waals surface area (Å²) in [6.45, 7) is 4.29. The predicted octanol–water partition coefficient (Wildman–Crippen LogP) is 4.61. The minimum absolute atomic E-state index is 0.0990. The molecule has 3 aromatic carbocycles. The molecule has 2 heterocycles. The molecule has 8 heteroatoms. The Morgan fingerprint density at radius 1 is 1.00 bits per heavy atom. The zero-order chi connectivity index (χ0) is 27.5. The highest BCUT2D eigenvalue weighted by Crippen LogP contribution is 2.25. The number of hydrogen-bond donors (Lipinski definition) is 3. The smallest absolute Gasteiger partial charge is 0.261 e. The van der Waals surface area contributed by atoms with Crippen molar-refractivity contribution in [2.75, 3.05) is 11.9 Å². The highest BCUT2D eigenvalue weighted by Gasteiger charge is 2.24. The third kappa shape index (κ3) is 5.55. The van der Waals surface area contributed by atoms with Crippen LogP contribution >= 0.6 is 0 Å². The Balaban J connectivity index is 1.25. The van der Waals surface area contributed by atoms with Crippen molar-refractivity contribution in [1.82, 2.24) is 10.3 Å². The maximum Gasteiger partial charge on any atom is 0.261 e. The van der Waals surface area contributed by atoms with Crippen LogP contribution in [0.3, 0.4) is 0 Å². The number of ketones is 1. The van der Waals surface area contributed by atoms with Crippen LogP contribution in [-0.4, -0.2) is 35.0 Å². The maximum atomic E-state index is 12.4. The summed E-state index contributed by atoms with van der Waals surface area (Å²) in [5.41, 5.74) is 4.25. The lowest BCUT2D eigenvalue weighted by Gasteiger charge is -2.20. The van der Waals surface area contributed by atoms with Crippen LogP contribution in [0.25, 0.3) is 17.0 Å². The second kappa shape index (κ2) is 10.6. The number of benzene rings is 3. The van der Waals surface area contributed by atoms with E-state index in [1.54, 1.807) is 30.3 Å². The zero-order valence-electron chi connectivity index (χ0n) is 21.3. The van der Waals surface area contributed by atoms with E-state index in [0.29, 0.717) is 28.8 Å². The van der Waals surface area contributed by atoms with Crippen molar-refractivity contribution in [2.24, 2.45) is 4.99 Å². The van der Waals surface area contributed by atoms with E-state index in [0.717, 1.165) is 16.8 Å². The summed E-state index contributed by atoms with van der Waals surface area (Å²) in [6.07, 6.45) is 3.09. The van der Waals surface area contributed by atoms with Gasteiger partial charge in [0.1, 0.15) is 11.3 Å². The van der Waals surface area contributed by atoms with Crippen LogP contribution < -0.4 is 15.8 Å². The first-order valence-electron chi connectivity index (χ1n) is 12.3. The van der Waals surface area contributed by atoms with Crippen molar-refractivity contribution in [3.8, 4) is 5.75 Å². The van der Waals surface area contributed by atoms with Gasteiger partial charge < -0.3 is 20.3 Å². The number of fused-ring (bicyclic) bond motifs is 1. The second-order valence-corrected chi connectivity index (χ2v) is 9.35. The normalized spacial score (nSPS) is 14.8. The average Bonchev–Trinajstić information content (AvgIpc) is 2.92. The van der Waals surface area contributed by atoms with Gasteiger partial charge in [-0.1, -0.05) is 43.0 Å². The number of pyridine rings is 1. The van der Waals surface area contributed by atoms with Crippen LogP contribution in [0.4, 0.5) is 11.4 Å². The van der Waals surface area contributed by atoms with Gasteiger partial charge in [-0.2, -0.15) is 0 Å². The zero-order valence-corrected chi connectivity index (χ0v) is 21.3. The van der Waals surface area contributed by atoms with Crippen LogP contribution in [0, 0.1) is 0 Å². The molecule has 8 nitrogen and oxygen atoms in total. The first kappa shape index (κ1) is 25.4. The third-order valence-electron chi connectivity index (χ3n) is 6.48. The number of piperidine rings is 1. The van der Waals surface area contributed by atoms with E-state index in [1.807, 2.05) is 55.6 Å². The molecule has 194 valence electrons. The molecule has 1 fully saturated rings. The molecule has 0 spiro atoms. The number of aliphatic imine (C=N–C) groups is 1. The fraction of sp³-hybridized carbons (Fsp3) is 0.0968. The summed E-state index contributed by atoms with van der Waals surface area (Å²) >= 11 is 0. The van der Waals surface area contributed by atoms with E-state index in [1.165, 1.54) is 6.21 Å². The molecular weight excluding hydrogens is 492 g/mol. The molecule has 1 aliphatic rings. The van der Waals surface area contributed by atoms with Gasteiger partial charge >= 0.3 is 0 Å². The Hall–Kier alpha value is -5.24. The van der Waals surface area contributed by atoms with E-state index in [9.17, 15) is 19.5 Å². The summed E-state index contributed by atoms with van der Waals surface area (Å²) in [7, 11) is 1.97. The van der Waals surface area contributed by atoms with Crippen molar-refractivity contribution >= 4 is 46.3 Å². The number of allylic oxidation sites excluding steroid dienone is 1. The number of amides is 1. The molecular formula is C31H26N4O4. The number of rotatable bonds is 6. The number of nitrogens with one attached hydrogen (secondary N) is 2. The van der Waals surface area contributed by atoms with E-state index in [2.05, 4.69) is 26.8 Å². The first-order valence-corrected chi connectivity index (χ1v) is 12.3. The maximum absolute atomic E-state index is 12.4. The van der Waals surface area contributed by atoms with Crippen LogP contribution in [0.15, 0.2) is 100 Å². The number of Topliss-reactive ketones (excluding diaryl/α,β-unsaturated/α-hetero) is 1. The Kier molecular flexibility index (Phi) is 6.93. The van der Waals surface area contributed by atoms with Gasteiger partial charge in [0, 0.05) is 36.6 Å². The molecule has 0 bridgehead atoms. The number of H-pyrrole nitrogens is 1. The molecule has 3 N–H and O–H groups in total. The molecule has 0 saturated carbocycles. The SMILES string of the molecule is C=C1CC(=O)/C(=C\c2ccc(N(C)Cc3ccc(N=Cc4c(O)c5ccccc5[nH]c4=O)cc3)cc2)C(=O)N1. The van der Waals surface area contributed by atoms with Gasteiger partial charge in [0.05, 0.1) is 23.2 Å². The Morgan fingerprint density at radius 2 is 1.72 bits per heavy atom. The molecule has 0 unspecified atom stereocenters. The third-order valence-corrected chi connectivity index (χ3v) is 6.48. The van der Waals surface area contributed by atoms with Crippen molar-refractivity contribution in [2.45, 2.75) is 13.0 Å². The number of carbonyl (C=O) groups excluding carboxylic acids is 2. The lowest BCUT2D eigenvalue weighted by molar-refractivity contribution is -0.123. The summed E-state index contributed by atoms with van der Waals surface area (Å²) in [4.78, 5) is 45.9. The minimum atomic E-state index is -0.425. The number of aromatic hydroxyl groups is 1. The van der Waals surface area contributed by atoms with Crippen LogP contribution in [0.2, 0.25) is 0 Å². The lowest BCUT2D eigenvalue weighted by Crippen LogP contribution is -2.34. The van der Waals surface area contributed by atoms with Gasteiger partial charge in [-0.15, -0.1) is 0 Å². The number of aromatic amines is 1. The highest BCUT2D eigenvalue weighted by molar-refractivity contribution is 6.25. The molecule has 39 heavy (non-hydrogen) atoms. The van der Waals surface area contributed by atoms with E-state index in [4.69, 9.17) is 0 Å². The molecule has 5 rings (SSSR count). The number of nitrogens with zero attached hydrogens (tertiary/aromatic N) is 2. The Labute approximate surface area is 224 Å². The average molecular weight is 519 g/mol. The molecule has 1 saturated heterocycles. The van der Waals surface area contributed by atoms with Crippen molar-refractivity contribution in [3.05, 3.63) is 118 Å². The number of carbonyl (C=O) groups is 2.